The highest BCUT2D eigenvalue weighted by atomic mass is 32.2. The summed E-state index contributed by atoms with van der Waals surface area (Å²) in [5, 5.41) is 1.18. The second-order valence-electron chi connectivity index (χ2n) is 2.63. The van der Waals surface area contributed by atoms with Crippen LogP contribution in [-0.4, -0.2) is 45.0 Å². The molecule has 0 aliphatic carbocycles. The summed E-state index contributed by atoms with van der Waals surface area (Å²) >= 11 is 21.1. The third kappa shape index (κ3) is 7.39. The zero-order valence-electron chi connectivity index (χ0n) is 8.00. The lowest BCUT2D eigenvalue weighted by molar-refractivity contribution is 0.953. The maximum absolute atomic E-state index is 4.39. The minimum atomic E-state index is 0.591. The van der Waals surface area contributed by atoms with E-state index in [1.165, 1.54) is 0 Å². The summed E-state index contributed by atoms with van der Waals surface area (Å²) in [5.41, 5.74) is 0. The fourth-order valence-electron chi connectivity index (χ4n) is 0.963. The molecule has 0 amide bonds. The van der Waals surface area contributed by atoms with Crippen LogP contribution in [0.4, 0.5) is 0 Å². The smallest absolute Gasteiger partial charge is 0.0262 e. The van der Waals surface area contributed by atoms with E-state index in [0.717, 1.165) is 34.5 Å². The Morgan fingerprint density at radius 3 is 1.29 bits per heavy atom. The quantitative estimate of drug-likeness (QED) is 0.484. The SMILES string of the molecule is SCCSC(CS)C(CS)SCCS. The summed E-state index contributed by atoms with van der Waals surface area (Å²) < 4.78 is 0. The molecule has 0 heterocycles. The maximum Gasteiger partial charge on any atom is 0.0262 e. The zero-order chi connectivity index (χ0) is 10.8. The molecule has 6 heteroatoms. The predicted molar refractivity (Wildman–Crippen MR) is 87.9 cm³/mol. The van der Waals surface area contributed by atoms with Crippen molar-refractivity contribution in [2.24, 2.45) is 0 Å². The van der Waals surface area contributed by atoms with E-state index in [1.807, 2.05) is 23.5 Å². The first-order chi connectivity index (χ1) is 6.79. The number of rotatable bonds is 9. The van der Waals surface area contributed by atoms with Crippen LogP contribution in [0, 0.1) is 0 Å². The van der Waals surface area contributed by atoms with E-state index < -0.39 is 0 Å². The van der Waals surface area contributed by atoms with Gasteiger partial charge in [0.2, 0.25) is 0 Å². The third-order valence-electron chi connectivity index (χ3n) is 1.62. The molecule has 2 atom stereocenters. The average Bonchev–Trinajstić information content (AvgIpc) is 2.23. The topological polar surface area (TPSA) is 0 Å². The van der Waals surface area contributed by atoms with Crippen molar-refractivity contribution in [3.05, 3.63) is 0 Å². The molecule has 0 saturated carbocycles. The van der Waals surface area contributed by atoms with Gasteiger partial charge < -0.3 is 0 Å². The molecule has 0 radical (unpaired) electrons. The van der Waals surface area contributed by atoms with E-state index in [9.17, 15) is 0 Å². The van der Waals surface area contributed by atoms with E-state index in [1.54, 1.807) is 0 Å². The number of hydrogen-bond acceptors (Lipinski definition) is 6. The van der Waals surface area contributed by atoms with Gasteiger partial charge in [0.1, 0.15) is 0 Å². The van der Waals surface area contributed by atoms with Gasteiger partial charge in [-0.25, -0.2) is 0 Å². The van der Waals surface area contributed by atoms with Crippen molar-refractivity contribution in [1.82, 2.24) is 0 Å². The van der Waals surface area contributed by atoms with Gasteiger partial charge in [-0.3, -0.25) is 0 Å². The fourth-order valence-corrected chi connectivity index (χ4v) is 5.14. The first-order valence-corrected chi connectivity index (χ1v) is 9.09. The van der Waals surface area contributed by atoms with Crippen LogP contribution in [-0.2, 0) is 0 Å². The Morgan fingerprint density at radius 2 is 1.07 bits per heavy atom. The lowest BCUT2D eigenvalue weighted by atomic mass is 10.3. The van der Waals surface area contributed by atoms with Gasteiger partial charge in [-0.05, 0) is 11.5 Å². The second kappa shape index (κ2) is 11.6. The van der Waals surface area contributed by atoms with Crippen LogP contribution in [0.1, 0.15) is 0 Å². The van der Waals surface area contributed by atoms with E-state index in [-0.39, 0.29) is 0 Å². The number of thiol groups is 4. The van der Waals surface area contributed by atoms with Crippen LogP contribution in [0.2, 0.25) is 0 Å². The number of thioether (sulfide) groups is 2. The zero-order valence-corrected chi connectivity index (χ0v) is 13.2. The second-order valence-corrected chi connectivity index (χ2v) is 6.95. The molecule has 0 saturated heterocycles. The molecule has 86 valence electrons. The first-order valence-electron chi connectivity index (χ1n) is 4.46. The lowest BCUT2D eigenvalue weighted by Crippen LogP contribution is -2.25. The Balaban J connectivity index is 3.87. The van der Waals surface area contributed by atoms with Crippen LogP contribution in [0.25, 0.3) is 0 Å². The normalized spacial score (nSPS) is 15.4. The van der Waals surface area contributed by atoms with Gasteiger partial charge in [0.05, 0.1) is 0 Å². The summed E-state index contributed by atoms with van der Waals surface area (Å²) in [4.78, 5) is 0. The molecule has 0 aromatic rings. The molecule has 0 aromatic carbocycles. The van der Waals surface area contributed by atoms with Gasteiger partial charge in [0.25, 0.3) is 0 Å². The molecule has 14 heavy (non-hydrogen) atoms. The van der Waals surface area contributed by atoms with Crippen LogP contribution >= 0.6 is 74.0 Å². The molecule has 0 rings (SSSR count). The summed E-state index contributed by atoms with van der Waals surface area (Å²) in [6.07, 6.45) is 0. The monoisotopic (exact) mass is 306 g/mol. The minimum absolute atomic E-state index is 0.591. The Kier molecular flexibility index (Phi) is 13.3. The highest BCUT2D eigenvalue weighted by Gasteiger charge is 2.19. The largest absolute Gasteiger partial charge is 0.179 e. The van der Waals surface area contributed by atoms with Crippen molar-refractivity contribution in [2.45, 2.75) is 10.5 Å². The summed E-state index contributed by atoms with van der Waals surface area (Å²) in [6, 6.07) is 0. The Hall–Kier alpha value is 2.10. The van der Waals surface area contributed by atoms with Gasteiger partial charge in [-0.2, -0.15) is 74.0 Å². The summed E-state index contributed by atoms with van der Waals surface area (Å²) in [5.74, 6) is 5.91. The van der Waals surface area contributed by atoms with Crippen molar-refractivity contribution in [1.29, 1.82) is 0 Å². The summed E-state index contributed by atoms with van der Waals surface area (Å²) in [7, 11) is 0. The summed E-state index contributed by atoms with van der Waals surface area (Å²) in [6.45, 7) is 0. The van der Waals surface area contributed by atoms with Crippen molar-refractivity contribution < 1.29 is 0 Å². The number of hydrogen-bond donors (Lipinski definition) is 4. The molecule has 0 spiro atoms. The van der Waals surface area contributed by atoms with Gasteiger partial charge in [-0.1, -0.05) is 0 Å². The lowest BCUT2D eigenvalue weighted by Gasteiger charge is -2.23. The fraction of sp³-hybridized carbons (Fsp3) is 1.00. The van der Waals surface area contributed by atoms with E-state index in [2.05, 4.69) is 50.5 Å². The van der Waals surface area contributed by atoms with Gasteiger partial charge >= 0.3 is 0 Å². The van der Waals surface area contributed by atoms with Crippen LogP contribution < -0.4 is 0 Å². The maximum atomic E-state index is 4.39. The molecule has 0 aliphatic heterocycles. The average molecular weight is 307 g/mol. The standard InChI is InChI=1S/C8H18S6/c9-1-3-13-7(5-11)8(6-12)14-4-2-10/h7-12H,1-6H2. The highest BCUT2D eigenvalue weighted by Crippen LogP contribution is 2.27. The molecule has 0 N–H and O–H groups in total. The van der Waals surface area contributed by atoms with Crippen LogP contribution in [0.15, 0.2) is 0 Å². The molecule has 0 aromatic heterocycles. The van der Waals surface area contributed by atoms with Gasteiger partial charge in [0.15, 0.2) is 0 Å². The van der Waals surface area contributed by atoms with Crippen LogP contribution in [0.5, 0.6) is 0 Å². The van der Waals surface area contributed by atoms with Crippen molar-refractivity contribution >= 4 is 74.0 Å². The first kappa shape index (κ1) is 16.1. The Morgan fingerprint density at radius 1 is 0.714 bits per heavy atom. The Bertz CT molecular complexity index is 106. The predicted octanol–water partition coefficient (Wildman–Crippen LogP) is 2.91. The van der Waals surface area contributed by atoms with E-state index in [0.29, 0.717) is 10.5 Å². The van der Waals surface area contributed by atoms with Gasteiger partial charge in [-0.15, -0.1) is 0 Å². The Labute approximate surface area is 118 Å². The minimum Gasteiger partial charge on any atom is -0.179 e. The molecular weight excluding hydrogens is 288 g/mol. The van der Waals surface area contributed by atoms with E-state index >= 15 is 0 Å². The molecule has 0 nitrogen and oxygen atoms in total. The van der Waals surface area contributed by atoms with E-state index in [4.69, 9.17) is 0 Å². The molecule has 2 unspecified atom stereocenters. The van der Waals surface area contributed by atoms with Crippen molar-refractivity contribution in [3.63, 3.8) is 0 Å². The van der Waals surface area contributed by atoms with Crippen molar-refractivity contribution in [2.75, 3.05) is 34.5 Å². The van der Waals surface area contributed by atoms with Crippen molar-refractivity contribution in [3.8, 4) is 0 Å². The van der Waals surface area contributed by atoms with Gasteiger partial charge in [0, 0.05) is 33.5 Å². The third-order valence-corrected chi connectivity index (χ3v) is 6.85. The molecular formula is C8H18S6. The molecule has 0 fully saturated rings. The highest BCUT2D eigenvalue weighted by molar-refractivity contribution is 8.05. The van der Waals surface area contributed by atoms with Crippen LogP contribution in [0.3, 0.4) is 0 Å². The molecule has 0 aliphatic rings. The molecule has 0 bridgehead atoms.